The minimum absolute atomic E-state index is 0.0545. The average molecular weight is 466 g/mol. The van der Waals surface area contributed by atoms with Gasteiger partial charge in [0.1, 0.15) is 0 Å². The van der Waals surface area contributed by atoms with E-state index in [1.807, 2.05) is 19.1 Å². The number of H-pyrrole nitrogens is 1. The van der Waals surface area contributed by atoms with E-state index in [1.54, 1.807) is 7.11 Å². The molecule has 3 aromatic rings. The minimum Gasteiger partial charge on any atom is -0.378 e. The summed E-state index contributed by atoms with van der Waals surface area (Å²) in [5.74, 6) is 0.0688. The van der Waals surface area contributed by atoms with Gasteiger partial charge in [-0.25, -0.2) is 0 Å². The number of aromatic amines is 1. The number of amides is 1. The van der Waals surface area contributed by atoms with Crippen LogP contribution in [0.1, 0.15) is 54.6 Å². The second-order valence-corrected chi connectivity index (χ2v) is 9.87. The number of aromatic nitrogens is 1. The van der Waals surface area contributed by atoms with Crippen LogP contribution in [0, 0.1) is 6.92 Å². The number of benzene rings is 2. The van der Waals surface area contributed by atoms with Crippen molar-refractivity contribution < 1.29 is 9.53 Å². The number of para-hydroxylation sites is 1. The zero-order chi connectivity index (χ0) is 23.2. The number of nitrogens with zero attached hydrogens (tertiary/aromatic N) is 1. The van der Waals surface area contributed by atoms with Gasteiger partial charge < -0.3 is 15.0 Å². The highest BCUT2D eigenvalue weighted by Crippen LogP contribution is 2.52. The lowest BCUT2D eigenvalue weighted by Crippen LogP contribution is -2.50. The van der Waals surface area contributed by atoms with Crippen molar-refractivity contribution in [2.75, 3.05) is 20.2 Å². The van der Waals surface area contributed by atoms with Gasteiger partial charge >= 0.3 is 0 Å². The molecule has 1 aliphatic carbocycles. The third-order valence-corrected chi connectivity index (χ3v) is 8.16. The molecule has 0 bridgehead atoms. The molecule has 5 nitrogen and oxygen atoms in total. The van der Waals surface area contributed by atoms with Crippen LogP contribution in [0.2, 0.25) is 5.02 Å². The molecule has 2 N–H and O–H groups in total. The maximum Gasteiger partial charge on any atom is 0.220 e. The molecule has 2 heterocycles. The molecule has 33 heavy (non-hydrogen) atoms. The maximum absolute atomic E-state index is 12.3. The number of rotatable bonds is 5. The second-order valence-electron chi connectivity index (χ2n) is 9.47. The van der Waals surface area contributed by atoms with Crippen LogP contribution in [0.5, 0.6) is 0 Å². The van der Waals surface area contributed by atoms with Crippen molar-refractivity contribution >= 4 is 28.4 Å². The molecule has 0 radical (unpaired) electrons. The number of halogens is 1. The standard InChI is InChI=1S/C27H32ClN3O2/c1-4-23(32)30-25-19-8-5-6-10-20(19)27(26(25)33-3)12-14-31(15-13-27)16-22-17(2)18-9-7-11-21(28)24(18)29-22/h5-11,25-26,29H,4,12-16H2,1-3H3,(H,30,32)/t25-,26+/m1/s1. The monoisotopic (exact) mass is 465 g/mol. The van der Waals surface area contributed by atoms with E-state index in [4.69, 9.17) is 16.3 Å². The van der Waals surface area contributed by atoms with Crippen LogP contribution in [-0.2, 0) is 21.5 Å². The molecule has 0 unspecified atom stereocenters. The Balaban J connectivity index is 1.39. The van der Waals surface area contributed by atoms with E-state index in [9.17, 15) is 4.79 Å². The van der Waals surface area contributed by atoms with Crippen molar-refractivity contribution in [2.45, 2.75) is 57.2 Å². The van der Waals surface area contributed by atoms with Crippen molar-refractivity contribution in [1.29, 1.82) is 0 Å². The molecule has 1 aliphatic heterocycles. The average Bonchev–Trinajstić information content (AvgIpc) is 3.28. The predicted octanol–water partition coefficient (Wildman–Crippen LogP) is 5.26. The van der Waals surface area contributed by atoms with E-state index >= 15 is 0 Å². The normalized spacial score (nSPS) is 22.1. The number of ether oxygens (including phenoxy) is 1. The van der Waals surface area contributed by atoms with Gasteiger partial charge in [-0.1, -0.05) is 54.9 Å². The molecular formula is C27H32ClN3O2. The number of carbonyl (C=O) groups is 1. The number of likely N-dealkylation sites (tertiary alicyclic amines) is 1. The zero-order valence-corrected chi connectivity index (χ0v) is 20.3. The van der Waals surface area contributed by atoms with Crippen molar-refractivity contribution in [3.63, 3.8) is 0 Å². The van der Waals surface area contributed by atoms with E-state index in [0.29, 0.717) is 6.42 Å². The van der Waals surface area contributed by atoms with Gasteiger partial charge in [-0.05, 0) is 55.6 Å². The summed E-state index contributed by atoms with van der Waals surface area (Å²) in [4.78, 5) is 18.4. The third-order valence-electron chi connectivity index (χ3n) is 7.85. The van der Waals surface area contributed by atoms with Gasteiger partial charge in [0.15, 0.2) is 0 Å². The van der Waals surface area contributed by atoms with E-state index in [2.05, 4.69) is 52.5 Å². The lowest BCUT2D eigenvalue weighted by atomic mass is 9.72. The number of fused-ring (bicyclic) bond motifs is 3. The zero-order valence-electron chi connectivity index (χ0n) is 19.6. The molecule has 174 valence electrons. The Bertz CT molecular complexity index is 1180. The molecule has 1 amide bonds. The SMILES string of the molecule is CCC(=O)N[C@@H]1c2ccccc2C2(CCN(Cc3[nH]c4c(Cl)cccc4c3C)CC2)[C@H]1OC. The number of carbonyl (C=O) groups excluding carboxylic acids is 1. The van der Waals surface area contributed by atoms with Gasteiger partial charge in [-0.2, -0.15) is 0 Å². The molecule has 1 fully saturated rings. The Morgan fingerprint density at radius 3 is 2.67 bits per heavy atom. The fourth-order valence-electron chi connectivity index (χ4n) is 6.06. The van der Waals surface area contributed by atoms with Gasteiger partial charge in [-0.3, -0.25) is 9.69 Å². The topological polar surface area (TPSA) is 57.4 Å². The molecule has 1 aromatic heterocycles. The Morgan fingerprint density at radius 2 is 1.97 bits per heavy atom. The Labute approximate surface area is 200 Å². The smallest absolute Gasteiger partial charge is 0.220 e. The first-order valence-corrected chi connectivity index (χ1v) is 12.3. The molecule has 6 heteroatoms. The summed E-state index contributed by atoms with van der Waals surface area (Å²) in [6.45, 7) is 6.90. The largest absolute Gasteiger partial charge is 0.378 e. The number of hydrogen-bond donors (Lipinski definition) is 2. The lowest BCUT2D eigenvalue weighted by Gasteiger charge is -2.44. The summed E-state index contributed by atoms with van der Waals surface area (Å²) in [7, 11) is 1.79. The number of hydrogen-bond acceptors (Lipinski definition) is 3. The Kier molecular flexibility index (Phi) is 5.98. The predicted molar refractivity (Wildman–Crippen MR) is 133 cm³/mol. The van der Waals surface area contributed by atoms with Gasteiger partial charge in [-0.15, -0.1) is 0 Å². The summed E-state index contributed by atoms with van der Waals surface area (Å²) in [6.07, 6.45) is 2.42. The molecule has 1 saturated heterocycles. The fraction of sp³-hybridized carbons (Fsp3) is 0.444. The van der Waals surface area contributed by atoms with Gasteiger partial charge in [0.05, 0.1) is 22.7 Å². The summed E-state index contributed by atoms with van der Waals surface area (Å²) in [6, 6.07) is 14.5. The summed E-state index contributed by atoms with van der Waals surface area (Å²) < 4.78 is 6.12. The molecule has 2 aromatic carbocycles. The Hall–Kier alpha value is -2.34. The summed E-state index contributed by atoms with van der Waals surface area (Å²) in [5.41, 5.74) is 6.01. The van der Waals surface area contributed by atoms with Crippen LogP contribution in [0.15, 0.2) is 42.5 Å². The van der Waals surface area contributed by atoms with Crippen molar-refractivity contribution in [3.8, 4) is 0 Å². The molecule has 2 atom stereocenters. The van der Waals surface area contributed by atoms with E-state index < -0.39 is 0 Å². The van der Waals surface area contributed by atoms with Gasteiger partial charge in [0.2, 0.25) is 5.91 Å². The number of nitrogens with one attached hydrogen (secondary N) is 2. The van der Waals surface area contributed by atoms with Gasteiger partial charge in [0.25, 0.3) is 0 Å². The molecule has 1 spiro atoms. The summed E-state index contributed by atoms with van der Waals surface area (Å²) in [5, 5.41) is 5.21. The first kappa shape index (κ1) is 22.5. The van der Waals surface area contributed by atoms with E-state index in [1.165, 1.54) is 27.8 Å². The second kappa shape index (κ2) is 8.79. The highest BCUT2D eigenvalue weighted by atomic mass is 35.5. The van der Waals surface area contributed by atoms with E-state index in [0.717, 1.165) is 43.0 Å². The first-order chi connectivity index (χ1) is 16.0. The molecule has 5 rings (SSSR count). The lowest BCUT2D eigenvalue weighted by molar-refractivity contribution is -0.123. The van der Waals surface area contributed by atoms with Crippen molar-refractivity contribution in [2.24, 2.45) is 0 Å². The third kappa shape index (κ3) is 3.67. The quantitative estimate of drug-likeness (QED) is 0.540. The first-order valence-electron chi connectivity index (χ1n) is 11.9. The van der Waals surface area contributed by atoms with Crippen molar-refractivity contribution in [1.82, 2.24) is 15.2 Å². The van der Waals surface area contributed by atoms with Crippen LogP contribution >= 0.6 is 11.6 Å². The molecule has 0 saturated carbocycles. The Morgan fingerprint density at radius 1 is 1.21 bits per heavy atom. The van der Waals surface area contributed by atoms with E-state index in [-0.39, 0.29) is 23.5 Å². The molecular weight excluding hydrogens is 434 g/mol. The van der Waals surface area contributed by atoms with Crippen LogP contribution in [0.4, 0.5) is 0 Å². The van der Waals surface area contributed by atoms with Crippen molar-refractivity contribution in [3.05, 3.63) is 69.9 Å². The van der Waals surface area contributed by atoms with Crippen LogP contribution in [-0.4, -0.2) is 42.1 Å². The maximum atomic E-state index is 12.3. The van der Waals surface area contributed by atoms with Crippen LogP contribution in [0.3, 0.4) is 0 Å². The van der Waals surface area contributed by atoms with Crippen LogP contribution < -0.4 is 5.32 Å². The van der Waals surface area contributed by atoms with Crippen LogP contribution in [0.25, 0.3) is 10.9 Å². The fourth-order valence-corrected chi connectivity index (χ4v) is 6.29. The number of piperidine rings is 1. The highest BCUT2D eigenvalue weighted by molar-refractivity contribution is 6.35. The van der Waals surface area contributed by atoms with Gasteiger partial charge in [0, 0.05) is 36.6 Å². The minimum atomic E-state index is -0.0942. The number of aryl methyl sites for hydroxylation is 1. The summed E-state index contributed by atoms with van der Waals surface area (Å²) >= 11 is 6.42. The highest BCUT2D eigenvalue weighted by Gasteiger charge is 2.53. The molecule has 2 aliphatic rings. The number of methoxy groups -OCH3 is 1.